The Bertz CT molecular complexity index is 1530. The topological polar surface area (TPSA) is 123 Å². The number of hydrogen-bond donors (Lipinski definition) is 2. The van der Waals surface area contributed by atoms with Gasteiger partial charge < -0.3 is 15.3 Å². The number of non-ortho nitro benzene ring substituents is 1. The molecule has 3 aromatic carbocycles. The van der Waals surface area contributed by atoms with E-state index in [1.807, 2.05) is 6.07 Å². The van der Waals surface area contributed by atoms with Gasteiger partial charge in [0.25, 0.3) is 5.69 Å². The second kappa shape index (κ2) is 10.8. The number of nitrogens with zero attached hydrogens (tertiary/aromatic N) is 4. The van der Waals surface area contributed by atoms with Crippen LogP contribution in [0.25, 0.3) is 28.5 Å². The van der Waals surface area contributed by atoms with Crippen molar-refractivity contribution >= 4 is 34.4 Å². The first-order valence-corrected chi connectivity index (χ1v) is 11.9. The molecule has 1 aromatic heterocycles. The number of aromatic nitrogens is 2. The minimum Gasteiger partial charge on any atom is -0.426 e. The molecule has 2 heterocycles. The van der Waals surface area contributed by atoms with Crippen LogP contribution in [-0.4, -0.2) is 57.0 Å². The Labute approximate surface area is 216 Å². The smallest absolute Gasteiger partial charge is 0.271 e. The van der Waals surface area contributed by atoms with E-state index < -0.39 is 4.92 Å². The molecule has 0 radical (unpaired) electrons. The van der Waals surface area contributed by atoms with Crippen LogP contribution in [-0.2, 0) is 16.1 Å². The van der Waals surface area contributed by atoms with Crippen LogP contribution < -0.4 is 5.32 Å². The molecule has 11 heteroatoms. The number of benzene rings is 3. The minimum atomic E-state index is -0.533. The van der Waals surface area contributed by atoms with Gasteiger partial charge in [0.2, 0.25) is 5.91 Å². The van der Waals surface area contributed by atoms with E-state index >= 15 is 0 Å². The molecular formula is C27H24FN5O5. The molecule has 2 N–H and O–H groups in total. The number of carbonyl (C=O) groups excluding carboxylic acids is 1. The van der Waals surface area contributed by atoms with Gasteiger partial charge in [-0.3, -0.25) is 19.8 Å². The SMILES string of the molecule is O=C(C=Cc1ccc(F)cc1)Nc1ccc(-c2nc3ccc([N+](=O)[O-])cc3n2O)cc1CN1CCOCC1. The summed E-state index contributed by atoms with van der Waals surface area (Å²) in [6, 6.07) is 15.2. The Morgan fingerprint density at radius 1 is 1.13 bits per heavy atom. The van der Waals surface area contributed by atoms with Crippen molar-refractivity contribution in [1.29, 1.82) is 0 Å². The van der Waals surface area contributed by atoms with E-state index in [9.17, 15) is 24.5 Å². The van der Waals surface area contributed by atoms with E-state index in [2.05, 4.69) is 15.2 Å². The Morgan fingerprint density at radius 3 is 2.63 bits per heavy atom. The zero-order valence-electron chi connectivity index (χ0n) is 20.2. The molecule has 194 valence electrons. The molecular weight excluding hydrogens is 493 g/mol. The maximum atomic E-state index is 13.1. The average molecular weight is 518 g/mol. The Balaban J connectivity index is 1.45. The number of carbonyl (C=O) groups is 1. The van der Waals surface area contributed by atoms with Crippen molar-refractivity contribution in [2.45, 2.75) is 6.54 Å². The quantitative estimate of drug-likeness (QED) is 0.160. The molecule has 1 fully saturated rings. The van der Waals surface area contributed by atoms with Crippen LogP contribution in [0.4, 0.5) is 15.8 Å². The molecule has 1 amide bonds. The fraction of sp³-hybridized carbons (Fsp3) is 0.185. The summed E-state index contributed by atoms with van der Waals surface area (Å²) in [7, 11) is 0. The zero-order chi connectivity index (χ0) is 26.6. The van der Waals surface area contributed by atoms with E-state index in [1.54, 1.807) is 30.3 Å². The van der Waals surface area contributed by atoms with Crippen molar-refractivity contribution in [2.75, 3.05) is 31.6 Å². The van der Waals surface area contributed by atoms with E-state index in [1.165, 1.54) is 36.4 Å². The summed E-state index contributed by atoms with van der Waals surface area (Å²) >= 11 is 0. The van der Waals surface area contributed by atoms with Crippen LogP contribution >= 0.6 is 0 Å². The van der Waals surface area contributed by atoms with Gasteiger partial charge in [0, 0.05) is 49.1 Å². The number of fused-ring (bicyclic) bond motifs is 1. The molecule has 0 aliphatic carbocycles. The molecule has 1 aliphatic heterocycles. The third-order valence-electron chi connectivity index (χ3n) is 6.24. The maximum Gasteiger partial charge on any atom is 0.271 e. The molecule has 1 saturated heterocycles. The van der Waals surface area contributed by atoms with Crippen LogP contribution in [0.5, 0.6) is 0 Å². The highest BCUT2D eigenvalue weighted by Crippen LogP contribution is 2.30. The molecule has 0 saturated carbocycles. The first-order valence-electron chi connectivity index (χ1n) is 11.9. The number of nitro groups is 1. The Kier molecular flexibility index (Phi) is 7.11. The molecule has 4 aromatic rings. The van der Waals surface area contributed by atoms with Crippen molar-refractivity contribution in [2.24, 2.45) is 0 Å². The highest BCUT2D eigenvalue weighted by Gasteiger charge is 2.19. The molecule has 0 bridgehead atoms. The van der Waals surface area contributed by atoms with Gasteiger partial charge in [-0.25, -0.2) is 9.37 Å². The van der Waals surface area contributed by atoms with Gasteiger partial charge in [-0.05, 0) is 53.6 Å². The first kappa shape index (κ1) is 25.1. The number of nitro benzene ring substituents is 1. The number of halogens is 1. The van der Waals surface area contributed by atoms with Crippen LogP contribution in [0, 0.1) is 15.9 Å². The lowest BCUT2D eigenvalue weighted by atomic mass is 10.1. The second-order valence-corrected chi connectivity index (χ2v) is 8.81. The Morgan fingerprint density at radius 2 is 1.89 bits per heavy atom. The van der Waals surface area contributed by atoms with Gasteiger partial charge in [0.05, 0.1) is 23.7 Å². The van der Waals surface area contributed by atoms with Crippen LogP contribution in [0.1, 0.15) is 11.1 Å². The van der Waals surface area contributed by atoms with E-state index in [-0.39, 0.29) is 28.8 Å². The first-order chi connectivity index (χ1) is 18.4. The summed E-state index contributed by atoms with van der Waals surface area (Å²) in [6.07, 6.45) is 2.97. The van der Waals surface area contributed by atoms with Crippen LogP contribution in [0.15, 0.2) is 66.7 Å². The van der Waals surface area contributed by atoms with Crippen molar-refractivity contribution in [3.8, 4) is 11.4 Å². The van der Waals surface area contributed by atoms with Gasteiger partial charge in [-0.1, -0.05) is 12.1 Å². The molecule has 1 aliphatic rings. The zero-order valence-corrected chi connectivity index (χ0v) is 20.2. The molecule has 10 nitrogen and oxygen atoms in total. The maximum absolute atomic E-state index is 13.1. The van der Waals surface area contributed by atoms with Crippen molar-refractivity contribution in [1.82, 2.24) is 14.6 Å². The third-order valence-corrected chi connectivity index (χ3v) is 6.24. The van der Waals surface area contributed by atoms with Gasteiger partial charge in [0.1, 0.15) is 11.3 Å². The van der Waals surface area contributed by atoms with Crippen LogP contribution in [0.3, 0.4) is 0 Å². The number of morpholine rings is 1. The molecule has 38 heavy (non-hydrogen) atoms. The summed E-state index contributed by atoms with van der Waals surface area (Å²) in [5.74, 6) is -0.487. The highest BCUT2D eigenvalue weighted by atomic mass is 19.1. The largest absolute Gasteiger partial charge is 0.426 e. The fourth-order valence-corrected chi connectivity index (χ4v) is 4.26. The predicted octanol–water partition coefficient (Wildman–Crippen LogP) is 4.47. The summed E-state index contributed by atoms with van der Waals surface area (Å²) in [5.41, 5.74) is 3.12. The van der Waals surface area contributed by atoms with E-state index in [4.69, 9.17) is 4.74 Å². The third kappa shape index (κ3) is 5.53. The lowest BCUT2D eigenvalue weighted by Crippen LogP contribution is -2.35. The van der Waals surface area contributed by atoms with Gasteiger partial charge in [-0.15, -0.1) is 0 Å². The van der Waals surface area contributed by atoms with Gasteiger partial charge >= 0.3 is 0 Å². The number of ether oxygens (including phenoxy) is 1. The molecule has 5 rings (SSSR count). The number of rotatable bonds is 7. The lowest BCUT2D eigenvalue weighted by Gasteiger charge is -2.27. The van der Waals surface area contributed by atoms with E-state index in [0.29, 0.717) is 42.1 Å². The standard InChI is InChI=1S/C27H24FN5O5/c28-21-5-1-18(2-6-21)3-10-26(34)29-23-8-4-19(15-20(23)17-31-11-13-38-14-12-31)27-30-24-9-7-22(33(36)37)16-25(24)32(27)35/h1-10,15-16,35H,11-14,17H2,(H,29,34). The fourth-order valence-electron chi connectivity index (χ4n) is 4.26. The minimum absolute atomic E-state index is 0.154. The summed E-state index contributed by atoms with van der Waals surface area (Å²) in [6.45, 7) is 3.18. The number of nitrogens with one attached hydrogen (secondary N) is 1. The normalized spacial score (nSPS) is 14.2. The number of amides is 1. The van der Waals surface area contributed by atoms with Crippen molar-refractivity contribution in [3.05, 3.63) is 93.8 Å². The number of imidazole rings is 1. The second-order valence-electron chi connectivity index (χ2n) is 8.81. The summed E-state index contributed by atoms with van der Waals surface area (Å²) in [5, 5.41) is 24.8. The number of anilines is 1. The summed E-state index contributed by atoms with van der Waals surface area (Å²) in [4.78, 5) is 30.0. The monoisotopic (exact) mass is 517 g/mol. The average Bonchev–Trinajstić information content (AvgIpc) is 3.25. The molecule has 0 atom stereocenters. The highest BCUT2D eigenvalue weighted by molar-refractivity contribution is 6.02. The van der Waals surface area contributed by atoms with Crippen LogP contribution in [0.2, 0.25) is 0 Å². The molecule has 0 spiro atoms. The number of hydrogen-bond acceptors (Lipinski definition) is 7. The lowest BCUT2D eigenvalue weighted by molar-refractivity contribution is -0.384. The van der Waals surface area contributed by atoms with Crippen molar-refractivity contribution in [3.63, 3.8) is 0 Å². The summed E-state index contributed by atoms with van der Waals surface area (Å²) < 4.78 is 19.4. The van der Waals surface area contributed by atoms with E-state index in [0.717, 1.165) is 23.4 Å². The van der Waals surface area contributed by atoms with Gasteiger partial charge in [-0.2, -0.15) is 4.73 Å². The Hall–Kier alpha value is -4.61. The van der Waals surface area contributed by atoms with Crippen molar-refractivity contribution < 1.29 is 24.1 Å². The predicted molar refractivity (Wildman–Crippen MR) is 139 cm³/mol. The molecule has 0 unspecified atom stereocenters. The van der Waals surface area contributed by atoms with Gasteiger partial charge in [0.15, 0.2) is 5.82 Å².